The number of nitrogens with two attached hydrogens (primary N) is 1. The molecule has 0 fully saturated rings. The Bertz CT molecular complexity index is 562. The van der Waals surface area contributed by atoms with Gasteiger partial charge in [-0.2, -0.15) is 15.0 Å². The van der Waals surface area contributed by atoms with Gasteiger partial charge in [0.15, 0.2) is 5.82 Å². The van der Waals surface area contributed by atoms with Crippen LogP contribution in [0.3, 0.4) is 0 Å². The second kappa shape index (κ2) is 5.94. The zero-order chi connectivity index (χ0) is 13.7. The van der Waals surface area contributed by atoms with Crippen LogP contribution in [-0.2, 0) is 0 Å². The smallest absolute Gasteiger partial charge is 0.321 e. The van der Waals surface area contributed by atoms with Gasteiger partial charge in [-0.25, -0.2) is 0 Å². The summed E-state index contributed by atoms with van der Waals surface area (Å²) in [5.74, 6) is 1.16. The molecule has 0 radical (unpaired) electrons. The van der Waals surface area contributed by atoms with Crippen molar-refractivity contribution in [1.29, 1.82) is 0 Å². The predicted molar refractivity (Wildman–Crippen MR) is 69.8 cm³/mol. The minimum absolute atomic E-state index is 0.107. The van der Waals surface area contributed by atoms with E-state index in [1.165, 1.54) is 0 Å². The fourth-order valence-electron chi connectivity index (χ4n) is 1.48. The van der Waals surface area contributed by atoms with E-state index >= 15 is 0 Å². The summed E-state index contributed by atoms with van der Waals surface area (Å²) in [6.45, 7) is 4.77. The lowest BCUT2D eigenvalue weighted by atomic mass is 10.2. The lowest BCUT2D eigenvalue weighted by molar-refractivity contribution is 0.312. The van der Waals surface area contributed by atoms with Gasteiger partial charge in [0.25, 0.3) is 0 Å². The first kappa shape index (κ1) is 13.0. The minimum Gasteiger partial charge on any atom is -0.492 e. The molecule has 0 aliphatic heterocycles. The molecule has 0 saturated carbocycles. The molecule has 0 aliphatic rings. The highest BCUT2D eigenvalue weighted by Crippen LogP contribution is 2.21. The Morgan fingerprint density at radius 1 is 1.05 bits per heavy atom. The molecule has 7 heteroatoms. The highest BCUT2D eigenvalue weighted by atomic mass is 16.5. The van der Waals surface area contributed by atoms with E-state index in [1.54, 1.807) is 18.5 Å². The van der Waals surface area contributed by atoms with Gasteiger partial charge in [-0.1, -0.05) is 0 Å². The summed E-state index contributed by atoms with van der Waals surface area (Å²) >= 11 is 0. The molecule has 0 aliphatic carbocycles. The molecule has 2 rings (SSSR count). The van der Waals surface area contributed by atoms with E-state index in [1.807, 2.05) is 13.8 Å². The van der Waals surface area contributed by atoms with Crippen LogP contribution in [-0.4, -0.2) is 33.1 Å². The van der Waals surface area contributed by atoms with Gasteiger partial charge < -0.3 is 15.2 Å². The van der Waals surface area contributed by atoms with Crippen LogP contribution < -0.4 is 15.2 Å². The largest absolute Gasteiger partial charge is 0.492 e. The molecular weight excluding hydrogens is 246 g/mol. The van der Waals surface area contributed by atoms with Crippen molar-refractivity contribution in [2.24, 2.45) is 0 Å². The van der Waals surface area contributed by atoms with Gasteiger partial charge in [-0.3, -0.25) is 4.98 Å². The maximum Gasteiger partial charge on any atom is 0.321 e. The summed E-state index contributed by atoms with van der Waals surface area (Å²) in [5, 5.41) is 0. The number of nitrogens with zero attached hydrogens (tertiary/aromatic N) is 4. The number of nitrogen functional groups attached to an aromatic ring is 1. The highest BCUT2D eigenvalue weighted by molar-refractivity contribution is 5.56. The molecule has 2 aromatic rings. The highest BCUT2D eigenvalue weighted by Gasteiger charge is 2.09. The topological polar surface area (TPSA) is 96.0 Å². The molecule has 100 valence electrons. The van der Waals surface area contributed by atoms with E-state index in [4.69, 9.17) is 15.2 Å². The van der Waals surface area contributed by atoms with E-state index < -0.39 is 0 Å². The standard InChI is InChI=1S/C12H15N5O2/c1-3-18-9-5-8(6-14-7-9)10-15-11(13)17-12(16-10)19-4-2/h5-7H,3-4H2,1-2H3,(H2,13,15,16,17). The summed E-state index contributed by atoms with van der Waals surface area (Å²) in [5.41, 5.74) is 6.33. The predicted octanol–water partition coefficient (Wildman–Crippen LogP) is 1.31. The van der Waals surface area contributed by atoms with Gasteiger partial charge in [0.2, 0.25) is 5.95 Å². The van der Waals surface area contributed by atoms with Crippen LogP contribution in [0.4, 0.5) is 5.95 Å². The molecule has 19 heavy (non-hydrogen) atoms. The number of hydrogen-bond acceptors (Lipinski definition) is 7. The van der Waals surface area contributed by atoms with Crippen LogP contribution in [0, 0.1) is 0 Å². The number of anilines is 1. The van der Waals surface area contributed by atoms with Crippen molar-refractivity contribution in [3.8, 4) is 23.1 Å². The molecule has 0 amide bonds. The Morgan fingerprint density at radius 2 is 1.84 bits per heavy atom. The number of aromatic nitrogens is 4. The number of pyridine rings is 1. The van der Waals surface area contributed by atoms with Crippen molar-refractivity contribution in [3.05, 3.63) is 18.5 Å². The Morgan fingerprint density at radius 3 is 2.58 bits per heavy atom. The maximum atomic E-state index is 5.63. The van der Waals surface area contributed by atoms with E-state index in [2.05, 4.69) is 19.9 Å². The summed E-state index contributed by atoms with van der Waals surface area (Å²) in [6.07, 6.45) is 3.26. The summed E-state index contributed by atoms with van der Waals surface area (Å²) < 4.78 is 10.6. The van der Waals surface area contributed by atoms with Gasteiger partial charge in [0.05, 0.1) is 19.4 Å². The van der Waals surface area contributed by atoms with E-state index in [9.17, 15) is 0 Å². The summed E-state index contributed by atoms with van der Waals surface area (Å²) in [7, 11) is 0. The molecule has 0 bridgehead atoms. The number of hydrogen-bond donors (Lipinski definition) is 1. The Kier molecular flexibility index (Phi) is 4.07. The van der Waals surface area contributed by atoms with E-state index in [0.29, 0.717) is 30.4 Å². The SMILES string of the molecule is CCOc1cncc(-c2nc(N)nc(OCC)n2)c1. The normalized spacial score (nSPS) is 10.2. The van der Waals surface area contributed by atoms with E-state index in [-0.39, 0.29) is 12.0 Å². The number of rotatable bonds is 5. The third kappa shape index (κ3) is 3.27. The minimum atomic E-state index is 0.107. The Hall–Kier alpha value is -2.44. The van der Waals surface area contributed by atoms with Crippen LogP contribution in [0.2, 0.25) is 0 Å². The molecule has 2 N–H and O–H groups in total. The zero-order valence-corrected chi connectivity index (χ0v) is 10.8. The molecule has 0 saturated heterocycles. The lowest BCUT2D eigenvalue weighted by Gasteiger charge is -2.06. The van der Waals surface area contributed by atoms with Crippen LogP contribution in [0.5, 0.6) is 11.8 Å². The summed E-state index contributed by atoms with van der Waals surface area (Å²) in [6, 6.07) is 1.99. The molecule has 7 nitrogen and oxygen atoms in total. The van der Waals surface area contributed by atoms with Crippen LogP contribution in [0.1, 0.15) is 13.8 Å². The molecular formula is C12H15N5O2. The fraction of sp³-hybridized carbons (Fsp3) is 0.333. The van der Waals surface area contributed by atoms with Gasteiger partial charge >= 0.3 is 6.01 Å². The third-order valence-corrected chi connectivity index (χ3v) is 2.19. The second-order valence-electron chi connectivity index (χ2n) is 3.58. The van der Waals surface area contributed by atoms with Gasteiger partial charge in [-0.05, 0) is 19.9 Å². The van der Waals surface area contributed by atoms with Gasteiger partial charge in [-0.15, -0.1) is 0 Å². The van der Waals surface area contributed by atoms with Crippen molar-refractivity contribution >= 4 is 5.95 Å². The van der Waals surface area contributed by atoms with Crippen LogP contribution in [0.15, 0.2) is 18.5 Å². The zero-order valence-electron chi connectivity index (χ0n) is 10.8. The van der Waals surface area contributed by atoms with Crippen molar-refractivity contribution in [3.63, 3.8) is 0 Å². The first-order valence-electron chi connectivity index (χ1n) is 5.95. The Labute approximate surface area is 110 Å². The molecule has 0 unspecified atom stereocenters. The maximum absolute atomic E-state index is 5.63. The summed E-state index contributed by atoms with van der Waals surface area (Å²) in [4.78, 5) is 16.2. The Balaban J connectivity index is 2.37. The van der Waals surface area contributed by atoms with Crippen molar-refractivity contribution in [2.45, 2.75) is 13.8 Å². The van der Waals surface area contributed by atoms with Crippen LogP contribution >= 0.6 is 0 Å². The third-order valence-electron chi connectivity index (χ3n) is 2.19. The monoisotopic (exact) mass is 261 g/mol. The molecule has 2 heterocycles. The fourth-order valence-corrected chi connectivity index (χ4v) is 1.48. The molecule has 0 spiro atoms. The first-order chi connectivity index (χ1) is 9.22. The lowest BCUT2D eigenvalue weighted by Crippen LogP contribution is -2.05. The molecule has 0 aromatic carbocycles. The quantitative estimate of drug-likeness (QED) is 0.866. The van der Waals surface area contributed by atoms with Gasteiger partial charge in [0, 0.05) is 11.8 Å². The van der Waals surface area contributed by atoms with Crippen molar-refractivity contribution in [1.82, 2.24) is 19.9 Å². The van der Waals surface area contributed by atoms with Crippen LogP contribution in [0.25, 0.3) is 11.4 Å². The molecule has 0 atom stereocenters. The van der Waals surface area contributed by atoms with Crippen molar-refractivity contribution < 1.29 is 9.47 Å². The average Bonchev–Trinajstić information content (AvgIpc) is 2.39. The number of ether oxygens (including phenoxy) is 2. The average molecular weight is 261 g/mol. The first-order valence-corrected chi connectivity index (χ1v) is 5.95. The van der Waals surface area contributed by atoms with Gasteiger partial charge in [0.1, 0.15) is 5.75 Å². The van der Waals surface area contributed by atoms with E-state index in [0.717, 1.165) is 0 Å². The second-order valence-corrected chi connectivity index (χ2v) is 3.58. The molecule has 2 aromatic heterocycles. The van der Waals surface area contributed by atoms with Crippen molar-refractivity contribution in [2.75, 3.05) is 18.9 Å².